The SMILES string of the molecule is CC(C)C1CCCN1C(=O)c1cccc([N+](=O)[O-])c1Cl. The molecule has 108 valence electrons. The fourth-order valence-corrected chi connectivity index (χ4v) is 2.99. The first-order chi connectivity index (χ1) is 9.43. The van der Waals surface area contributed by atoms with Gasteiger partial charge in [0, 0.05) is 18.7 Å². The second-order valence-electron chi connectivity index (χ2n) is 5.35. The van der Waals surface area contributed by atoms with Crippen molar-refractivity contribution in [3.8, 4) is 0 Å². The molecule has 0 radical (unpaired) electrons. The van der Waals surface area contributed by atoms with E-state index in [0.717, 1.165) is 12.8 Å². The molecule has 6 heteroatoms. The van der Waals surface area contributed by atoms with Crippen LogP contribution in [0.25, 0.3) is 0 Å². The first-order valence-corrected chi connectivity index (χ1v) is 7.05. The van der Waals surface area contributed by atoms with Gasteiger partial charge in [-0.1, -0.05) is 31.5 Å². The van der Waals surface area contributed by atoms with Crippen molar-refractivity contribution in [1.82, 2.24) is 4.90 Å². The van der Waals surface area contributed by atoms with Crippen LogP contribution in [0.4, 0.5) is 5.69 Å². The van der Waals surface area contributed by atoms with Crippen molar-refractivity contribution in [2.24, 2.45) is 5.92 Å². The summed E-state index contributed by atoms with van der Waals surface area (Å²) in [5, 5.41) is 10.8. The lowest BCUT2D eigenvalue weighted by molar-refractivity contribution is -0.384. The van der Waals surface area contributed by atoms with Crippen LogP contribution in [0.2, 0.25) is 5.02 Å². The summed E-state index contributed by atoms with van der Waals surface area (Å²) in [6.07, 6.45) is 1.93. The van der Waals surface area contributed by atoms with Crippen LogP contribution in [0.1, 0.15) is 37.0 Å². The Morgan fingerprint density at radius 1 is 1.50 bits per heavy atom. The average molecular weight is 297 g/mol. The van der Waals surface area contributed by atoms with Crippen LogP contribution in [-0.2, 0) is 0 Å². The molecule has 0 bridgehead atoms. The summed E-state index contributed by atoms with van der Waals surface area (Å²) in [5.41, 5.74) is -0.00812. The highest BCUT2D eigenvalue weighted by atomic mass is 35.5. The van der Waals surface area contributed by atoms with Crippen molar-refractivity contribution in [2.45, 2.75) is 32.7 Å². The standard InChI is InChI=1S/C14H17ClN2O3/c1-9(2)11-7-4-8-16(11)14(18)10-5-3-6-12(13(10)15)17(19)20/h3,5-6,9,11H,4,7-8H2,1-2H3. The summed E-state index contributed by atoms with van der Waals surface area (Å²) in [6.45, 7) is 4.83. The number of carbonyl (C=O) groups is 1. The number of nitro benzene ring substituents is 1. The van der Waals surface area contributed by atoms with E-state index in [-0.39, 0.29) is 28.2 Å². The van der Waals surface area contributed by atoms with Crippen molar-refractivity contribution in [2.75, 3.05) is 6.54 Å². The normalized spacial score (nSPS) is 18.6. The molecule has 0 aromatic heterocycles. The van der Waals surface area contributed by atoms with Gasteiger partial charge in [-0.3, -0.25) is 14.9 Å². The maximum absolute atomic E-state index is 12.6. The molecule has 1 heterocycles. The highest BCUT2D eigenvalue weighted by Crippen LogP contribution is 2.31. The molecule has 1 aromatic rings. The molecule has 20 heavy (non-hydrogen) atoms. The minimum atomic E-state index is -0.566. The molecular weight excluding hydrogens is 280 g/mol. The topological polar surface area (TPSA) is 63.5 Å². The number of benzene rings is 1. The van der Waals surface area contributed by atoms with Gasteiger partial charge in [0.15, 0.2) is 0 Å². The van der Waals surface area contributed by atoms with Gasteiger partial charge in [0.2, 0.25) is 0 Å². The molecule has 1 atom stereocenters. The summed E-state index contributed by atoms with van der Waals surface area (Å²) in [6, 6.07) is 4.53. The number of rotatable bonds is 3. The van der Waals surface area contributed by atoms with Crippen LogP contribution in [-0.4, -0.2) is 28.3 Å². The van der Waals surface area contributed by atoms with E-state index in [2.05, 4.69) is 13.8 Å². The van der Waals surface area contributed by atoms with E-state index in [9.17, 15) is 14.9 Å². The Bertz CT molecular complexity index is 545. The van der Waals surface area contributed by atoms with E-state index in [1.165, 1.54) is 12.1 Å². The van der Waals surface area contributed by atoms with Gasteiger partial charge in [0.05, 0.1) is 10.5 Å². The van der Waals surface area contributed by atoms with Gasteiger partial charge in [-0.05, 0) is 24.8 Å². The summed E-state index contributed by atoms with van der Waals surface area (Å²) in [4.78, 5) is 24.7. The van der Waals surface area contributed by atoms with Crippen molar-refractivity contribution in [1.29, 1.82) is 0 Å². The lowest BCUT2D eigenvalue weighted by Gasteiger charge is -2.28. The van der Waals surface area contributed by atoms with Gasteiger partial charge >= 0.3 is 0 Å². The highest BCUT2D eigenvalue weighted by Gasteiger charge is 2.33. The third kappa shape index (κ3) is 2.63. The number of nitro groups is 1. The number of amides is 1. The van der Waals surface area contributed by atoms with Gasteiger partial charge in [-0.2, -0.15) is 0 Å². The monoisotopic (exact) mass is 296 g/mol. The summed E-state index contributed by atoms with van der Waals surface area (Å²) >= 11 is 6.02. The zero-order valence-electron chi connectivity index (χ0n) is 11.5. The molecule has 1 aliphatic rings. The number of halogens is 1. The second-order valence-corrected chi connectivity index (χ2v) is 5.73. The van der Waals surface area contributed by atoms with Crippen LogP contribution < -0.4 is 0 Å². The van der Waals surface area contributed by atoms with Crippen LogP contribution >= 0.6 is 11.6 Å². The molecular formula is C14H17ClN2O3. The van der Waals surface area contributed by atoms with Crippen molar-refractivity contribution < 1.29 is 9.72 Å². The fraction of sp³-hybridized carbons (Fsp3) is 0.500. The van der Waals surface area contributed by atoms with Gasteiger partial charge < -0.3 is 4.90 Å². The van der Waals surface area contributed by atoms with Crippen LogP contribution in [0.15, 0.2) is 18.2 Å². The van der Waals surface area contributed by atoms with Crippen LogP contribution in [0.3, 0.4) is 0 Å². The molecule has 1 fully saturated rings. The maximum Gasteiger partial charge on any atom is 0.288 e. The summed E-state index contributed by atoms with van der Waals surface area (Å²) in [7, 11) is 0. The highest BCUT2D eigenvalue weighted by molar-refractivity contribution is 6.35. The molecule has 0 aliphatic carbocycles. The van der Waals surface area contributed by atoms with Crippen LogP contribution in [0, 0.1) is 16.0 Å². The smallest absolute Gasteiger partial charge is 0.288 e. The predicted octanol–water partition coefficient (Wildman–Crippen LogP) is 3.51. The minimum Gasteiger partial charge on any atom is -0.335 e. The maximum atomic E-state index is 12.6. The molecule has 1 aliphatic heterocycles. The molecule has 1 aromatic carbocycles. The Balaban J connectivity index is 2.34. The Labute approximate surface area is 122 Å². The molecule has 5 nitrogen and oxygen atoms in total. The Hall–Kier alpha value is -1.62. The third-order valence-corrected chi connectivity index (χ3v) is 4.13. The van der Waals surface area contributed by atoms with Gasteiger partial charge in [0.1, 0.15) is 5.02 Å². The first kappa shape index (κ1) is 14.8. The molecule has 0 N–H and O–H groups in total. The molecule has 1 saturated heterocycles. The van der Waals surface area contributed by atoms with Crippen molar-refractivity contribution in [3.05, 3.63) is 38.9 Å². The number of likely N-dealkylation sites (tertiary alicyclic amines) is 1. The van der Waals surface area contributed by atoms with Gasteiger partial charge in [-0.25, -0.2) is 0 Å². The first-order valence-electron chi connectivity index (χ1n) is 6.67. The molecule has 0 saturated carbocycles. The van der Waals surface area contributed by atoms with Crippen LogP contribution in [0.5, 0.6) is 0 Å². The Morgan fingerprint density at radius 2 is 2.20 bits per heavy atom. The largest absolute Gasteiger partial charge is 0.335 e. The van der Waals surface area contributed by atoms with E-state index in [4.69, 9.17) is 11.6 Å². The molecule has 1 unspecified atom stereocenters. The van der Waals surface area contributed by atoms with E-state index in [1.54, 1.807) is 11.0 Å². The average Bonchev–Trinajstić information content (AvgIpc) is 2.87. The second kappa shape index (κ2) is 5.79. The van der Waals surface area contributed by atoms with E-state index < -0.39 is 4.92 Å². The number of hydrogen-bond donors (Lipinski definition) is 0. The minimum absolute atomic E-state index is 0.0723. The van der Waals surface area contributed by atoms with Crippen molar-refractivity contribution in [3.63, 3.8) is 0 Å². The predicted molar refractivity (Wildman–Crippen MR) is 77.0 cm³/mol. The lowest BCUT2D eigenvalue weighted by Crippen LogP contribution is -2.38. The summed E-state index contributed by atoms with van der Waals surface area (Å²) in [5.74, 6) is 0.147. The number of nitrogens with zero attached hydrogens (tertiary/aromatic N) is 2. The van der Waals surface area contributed by atoms with E-state index >= 15 is 0 Å². The van der Waals surface area contributed by atoms with E-state index in [0.29, 0.717) is 12.5 Å². The molecule has 0 spiro atoms. The zero-order chi connectivity index (χ0) is 14.9. The third-order valence-electron chi connectivity index (χ3n) is 3.74. The number of hydrogen-bond acceptors (Lipinski definition) is 3. The van der Waals surface area contributed by atoms with Crippen molar-refractivity contribution >= 4 is 23.2 Å². The van der Waals surface area contributed by atoms with E-state index in [1.807, 2.05) is 0 Å². The Kier molecular flexibility index (Phi) is 4.28. The lowest BCUT2D eigenvalue weighted by atomic mass is 10.0. The summed E-state index contributed by atoms with van der Waals surface area (Å²) < 4.78 is 0. The zero-order valence-corrected chi connectivity index (χ0v) is 12.3. The fourth-order valence-electron chi connectivity index (χ4n) is 2.72. The van der Waals surface area contributed by atoms with Gasteiger partial charge in [0.25, 0.3) is 11.6 Å². The number of carbonyl (C=O) groups excluding carboxylic acids is 1. The van der Waals surface area contributed by atoms with Gasteiger partial charge in [-0.15, -0.1) is 0 Å². The molecule has 1 amide bonds. The molecule has 2 rings (SSSR count). The quantitative estimate of drug-likeness (QED) is 0.633. The Morgan fingerprint density at radius 3 is 2.80 bits per heavy atom.